The van der Waals surface area contributed by atoms with Crippen LogP contribution in [0.25, 0.3) is 0 Å². The number of rotatable bonds is 5. The van der Waals surface area contributed by atoms with E-state index in [1.54, 1.807) is 0 Å². The molecule has 0 spiro atoms. The number of anilines is 1. The van der Waals surface area contributed by atoms with Gasteiger partial charge in [-0.25, -0.2) is 0 Å². The van der Waals surface area contributed by atoms with Gasteiger partial charge in [0.2, 0.25) is 5.91 Å². The normalized spacial score (nSPS) is 12.2. The lowest BCUT2D eigenvalue weighted by molar-refractivity contribution is -0.129. The second-order valence-corrected chi connectivity index (χ2v) is 5.19. The van der Waals surface area contributed by atoms with Gasteiger partial charge in [-0.05, 0) is 32.9 Å². The smallest absolute Gasteiger partial charge is 0.235 e. The van der Waals surface area contributed by atoms with Gasteiger partial charge in [0.05, 0.1) is 5.25 Å². The molecule has 3 nitrogen and oxygen atoms in total. The van der Waals surface area contributed by atoms with Gasteiger partial charge >= 0.3 is 0 Å². The molecule has 1 amide bonds. The van der Waals surface area contributed by atoms with Crippen molar-refractivity contribution in [1.82, 2.24) is 4.90 Å². The Morgan fingerprint density at radius 1 is 1.35 bits per heavy atom. The Bertz CT molecular complexity index is 377. The quantitative estimate of drug-likeness (QED) is 0.647. The van der Waals surface area contributed by atoms with E-state index in [4.69, 9.17) is 5.73 Å². The SMILES string of the molecule is CCN(CC)C(=O)C(C)Sc1ccccc1N. The molecule has 0 bridgehead atoms. The fourth-order valence-electron chi connectivity index (χ4n) is 1.62. The molecule has 0 fully saturated rings. The van der Waals surface area contributed by atoms with Crippen molar-refractivity contribution in [1.29, 1.82) is 0 Å². The monoisotopic (exact) mass is 252 g/mol. The third-order valence-electron chi connectivity index (χ3n) is 2.65. The molecule has 1 aromatic carbocycles. The van der Waals surface area contributed by atoms with Crippen molar-refractivity contribution >= 4 is 23.4 Å². The summed E-state index contributed by atoms with van der Waals surface area (Å²) in [5, 5.41) is -0.0976. The van der Waals surface area contributed by atoms with Crippen LogP contribution in [0.4, 0.5) is 5.69 Å². The number of benzene rings is 1. The second kappa shape index (κ2) is 6.55. The average Bonchev–Trinajstić information content (AvgIpc) is 2.33. The fourth-order valence-corrected chi connectivity index (χ4v) is 2.61. The van der Waals surface area contributed by atoms with Gasteiger partial charge in [0, 0.05) is 23.7 Å². The molecule has 0 aliphatic carbocycles. The first kappa shape index (κ1) is 13.9. The third kappa shape index (κ3) is 3.66. The Hall–Kier alpha value is -1.16. The molecule has 0 radical (unpaired) electrons. The molecule has 0 aliphatic heterocycles. The molecule has 0 heterocycles. The van der Waals surface area contributed by atoms with E-state index < -0.39 is 0 Å². The van der Waals surface area contributed by atoms with Crippen molar-refractivity contribution in [2.45, 2.75) is 30.9 Å². The number of thioether (sulfide) groups is 1. The Labute approximate surface area is 107 Å². The number of nitrogens with zero attached hydrogens (tertiary/aromatic N) is 1. The first-order chi connectivity index (χ1) is 8.10. The molecule has 1 aromatic rings. The molecule has 4 heteroatoms. The van der Waals surface area contributed by atoms with Gasteiger partial charge in [0.25, 0.3) is 0 Å². The van der Waals surface area contributed by atoms with Gasteiger partial charge in [-0.3, -0.25) is 4.79 Å². The summed E-state index contributed by atoms with van der Waals surface area (Å²) in [5.41, 5.74) is 6.60. The van der Waals surface area contributed by atoms with E-state index in [-0.39, 0.29) is 11.2 Å². The molecule has 1 rings (SSSR count). The summed E-state index contributed by atoms with van der Waals surface area (Å²) in [6.45, 7) is 7.43. The summed E-state index contributed by atoms with van der Waals surface area (Å²) < 4.78 is 0. The van der Waals surface area contributed by atoms with E-state index in [9.17, 15) is 4.79 Å². The van der Waals surface area contributed by atoms with Crippen LogP contribution in [0.3, 0.4) is 0 Å². The van der Waals surface area contributed by atoms with Gasteiger partial charge in [-0.1, -0.05) is 12.1 Å². The maximum atomic E-state index is 12.1. The molecule has 17 heavy (non-hydrogen) atoms. The van der Waals surface area contributed by atoms with Crippen molar-refractivity contribution in [3.8, 4) is 0 Å². The number of amides is 1. The van der Waals surface area contributed by atoms with Crippen molar-refractivity contribution in [3.05, 3.63) is 24.3 Å². The highest BCUT2D eigenvalue weighted by atomic mass is 32.2. The van der Waals surface area contributed by atoms with Crippen LogP contribution in [0.15, 0.2) is 29.2 Å². The molecule has 0 saturated carbocycles. The van der Waals surface area contributed by atoms with Crippen molar-refractivity contribution in [3.63, 3.8) is 0 Å². The maximum absolute atomic E-state index is 12.1. The molecule has 1 atom stereocenters. The summed E-state index contributed by atoms with van der Waals surface area (Å²) in [7, 11) is 0. The number of carbonyl (C=O) groups excluding carboxylic acids is 1. The van der Waals surface area contributed by atoms with Crippen LogP contribution in [-0.2, 0) is 4.79 Å². The number of nitrogen functional groups attached to an aromatic ring is 1. The number of nitrogens with two attached hydrogens (primary N) is 1. The highest BCUT2D eigenvalue weighted by Gasteiger charge is 2.19. The van der Waals surface area contributed by atoms with E-state index in [1.165, 1.54) is 11.8 Å². The fraction of sp³-hybridized carbons (Fsp3) is 0.462. The molecule has 0 aliphatic rings. The summed E-state index contributed by atoms with van der Waals surface area (Å²) in [5.74, 6) is 0.170. The molecular formula is C13H20N2OS. The molecule has 94 valence electrons. The predicted molar refractivity (Wildman–Crippen MR) is 74.1 cm³/mol. The van der Waals surface area contributed by atoms with Gasteiger partial charge in [0.1, 0.15) is 0 Å². The van der Waals surface area contributed by atoms with Crippen molar-refractivity contribution < 1.29 is 4.79 Å². The van der Waals surface area contributed by atoms with Crippen LogP contribution < -0.4 is 5.73 Å². The van der Waals surface area contributed by atoms with Crippen LogP contribution in [0.1, 0.15) is 20.8 Å². The number of para-hydroxylation sites is 1. The average molecular weight is 252 g/mol. The summed E-state index contributed by atoms with van der Waals surface area (Å²) in [4.78, 5) is 14.9. The summed E-state index contributed by atoms with van der Waals surface area (Å²) in [6.07, 6.45) is 0. The molecule has 2 N–H and O–H groups in total. The van der Waals surface area contributed by atoms with Crippen LogP contribution in [0.5, 0.6) is 0 Å². The molecule has 1 unspecified atom stereocenters. The van der Waals surface area contributed by atoms with Crippen molar-refractivity contribution in [2.75, 3.05) is 18.8 Å². The third-order valence-corrected chi connectivity index (χ3v) is 3.83. The molecule has 0 aromatic heterocycles. The second-order valence-electron chi connectivity index (χ2n) is 3.81. The zero-order valence-electron chi connectivity index (χ0n) is 10.6. The summed E-state index contributed by atoms with van der Waals surface area (Å²) in [6, 6.07) is 7.65. The maximum Gasteiger partial charge on any atom is 0.235 e. The molecular weight excluding hydrogens is 232 g/mol. The molecule has 0 saturated heterocycles. The minimum atomic E-state index is -0.0976. The lowest BCUT2D eigenvalue weighted by Crippen LogP contribution is -2.36. The zero-order valence-corrected chi connectivity index (χ0v) is 11.5. The van der Waals surface area contributed by atoms with Crippen LogP contribution >= 0.6 is 11.8 Å². The van der Waals surface area contributed by atoms with E-state index in [2.05, 4.69) is 0 Å². The lowest BCUT2D eigenvalue weighted by atomic mass is 10.3. The highest BCUT2D eigenvalue weighted by molar-refractivity contribution is 8.00. The number of hydrogen-bond acceptors (Lipinski definition) is 3. The number of carbonyl (C=O) groups is 1. The number of hydrogen-bond donors (Lipinski definition) is 1. The van der Waals surface area contributed by atoms with Gasteiger partial charge in [-0.2, -0.15) is 0 Å². The van der Waals surface area contributed by atoms with Crippen LogP contribution in [0, 0.1) is 0 Å². The zero-order chi connectivity index (χ0) is 12.8. The van der Waals surface area contributed by atoms with Gasteiger partial charge in [0.15, 0.2) is 0 Å². The van der Waals surface area contributed by atoms with E-state index in [0.29, 0.717) is 0 Å². The van der Waals surface area contributed by atoms with E-state index in [1.807, 2.05) is 49.9 Å². The van der Waals surface area contributed by atoms with Crippen LogP contribution in [-0.4, -0.2) is 29.1 Å². The standard InChI is InChI=1S/C13H20N2OS/c1-4-15(5-2)13(16)10(3)17-12-9-7-6-8-11(12)14/h6-10H,4-5,14H2,1-3H3. The Kier molecular flexibility index (Phi) is 5.35. The first-order valence-corrected chi connectivity index (χ1v) is 6.78. The first-order valence-electron chi connectivity index (χ1n) is 5.90. The Balaban J connectivity index is 2.69. The Morgan fingerprint density at radius 2 is 1.94 bits per heavy atom. The van der Waals surface area contributed by atoms with E-state index >= 15 is 0 Å². The predicted octanol–water partition coefficient (Wildman–Crippen LogP) is 2.62. The van der Waals surface area contributed by atoms with E-state index in [0.717, 1.165) is 23.7 Å². The van der Waals surface area contributed by atoms with Gasteiger partial charge < -0.3 is 10.6 Å². The topological polar surface area (TPSA) is 46.3 Å². The summed E-state index contributed by atoms with van der Waals surface area (Å²) >= 11 is 1.52. The van der Waals surface area contributed by atoms with Crippen LogP contribution in [0.2, 0.25) is 0 Å². The lowest BCUT2D eigenvalue weighted by Gasteiger charge is -2.22. The minimum absolute atomic E-state index is 0.0976. The highest BCUT2D eigenvalue weighted by Crippen LogP contribution is 2.29. The Morgan fingerprint density at radius 3 is 2.47 bits per heavy atom. The minimum Gasteiger partial charge on any atom is -0.398 e. The largest absolute Gasteiger partial charge is 0.398 e. The van der Waals surface area contributed by atoms with Crippen molar-refractivity contribution in [2.24, 2.45) is 0 Å². The van der Waals surface area contributed by atoms with Gasteiger partial charge in [-0.15, -0.1) is 11.8 Å².